The lowest BCUT2D eigenvalue weighted by atomic mass is 10.1. The second-order valence-electron chi connectivity index (χ2n) is 9.21. The Labute approximate surface area is 211 Å². The SMILES string of the molecule is O=C(c1ccc(F)cc1)N(CCN1CCOCC1)C[C@@H]1CN(C[C@@H](O)COCc2ccco2)CCO1. The van der Waals surface area contributed by atoms with E-state index in [1.54, 1.807) is 17.2 Å². The van der Waals surface area contributed by atoms with Crippen LogP contribution in [-0.2, 0) is 20.8 Å². The standard InChI is InChI=1S/C26H36FN3O6/c27-22-5-3-21(4-6-22)26(32)30(8-7-28-9-13-33-14-10-28)18-25-17-29(11-15-36-25)16-23(31)19-34-20-24-2-1-12-35-24/h1-6,12,23,25,31H,7-11,13-20H2/t23-,25+/m1/s1. The molecule has 4 rings (SSSR count). The van der Waals surface area contributed by atoms with Crippen molar-refractivity contribution in [1.82, 2.24) is 14.7 Å². The first-order valence-electron chi connectivity index (χ1n) is 12.5. The van der Waals surface area contributed by atoms with E-state index in [2.05, 4.69) is 9.80 Å². The number of aliphatic hydroxyl groups is 1. The van der Waals surface area contributed by atoms with E-state index in [-0.39, 0.29) is 24.4 Å². The summed E-state index contributed by atoms with van der Waals surface area (Å²) in [6, 6.07) is 9.28. The Kier molecular flexibility index (Phi) is 10.3. The third kappa shape index (κ3) is 8.36. The van der Waals surface area contributed by atoms with Crippen molar-refractivity contribution in [2.45, 2.75) is 18.8 Å². The molecule has 3 heterocycles. The number of halogens is 1. The second-order valence-corrected chi connectivity index (χ2v) is 9.21. The van der Waals surface area contributed by atoms with E-state index in [0.29, 0.717) is 64.7 Å². The fourth-order valence-corrected chi connectivity index (χ4v) is 4.48. The summed E-state index contributed by atoms with van der Waals surface area (Å²) in [4.78, 5) is 19.5. The third-order valence-corrected chi connectivity index (χ3v) is 6.42. The lowest BCUT2D eigenvalue weighted by molar-refractivity contribution is -0.0610. The van der Waals surface area contributed by atoms with E-state index in [9.17, 15) is 14.3 Å². The number of carbonyl (C=O) groups is 1. The Morgan fingerprint density at radius 3 is 2.67 bits per heavy atom. The van der Waals surface area contributed by atoms with Gasteiger partial charge in [-0.15, -0.1) is 0 Å². The Balaban J connectivity index is 1.29. The van der Waals surface area contributed by atoms with Crippen molar-refractivity contribution in [3.8, 4) is 0 Å². The fourth-order valence-electron chi connectivity index (χ4n) is 4.48. The molecule has 2 aliphatic rings. The predicted molar refractivity (Wildman–Crippen MR) is 130 cm³/mol. The molecule has 36 heavy (non-hydrogen) atoms. The van der Waals surface area contributed by atoms with Gasteiger partial charge in [-0.25, -0.2) is 4.39 Å². The number of amides is 1. The van der Waals surface area contributed by atoms with E-state index in [0.717, 1.165) is 25.4 Å². The lowest BCUT2D eigenvalue weighted by Crippen LogP contribution is -2.52. The van der Waals surface area contributed by atoms with Gasteiger partial charge in [0.1, 0.15) is 18.2 Å². The molecule has 2 atom stereocenters. The Morgan fingerprint density at radius 1 is 1.14 bits per heavy atom. The van der Waals surface area contributed by atoms with Crippen molar-refractivity contribution < 1.29 is 32.9 Å². The predicted octanol–water partition coefficient (Wildman–Crippen LogP) is 1.47. The van der Waals surface area contributed by atoms with Crippen LogP contribution in [-0.4, -0.2) is 117 Å². The summed E-state index contributed by atoms with van der Waals surface area (Å²) >= 11 is 0. The van der Waals surface area contributed by atoms with Crippen LogP contribution in [0.15, 0.2) is 47.1 Å². The number of carbonyl (C=O) groups excluding carboxylic acids is 1. The highest BCUT2D eigenvalue weighted by Gasteiger charge is 2.27. The fraction of sp³-hybridized carbons (Fsp3) is 0.577. The van der Waals surface area contributed by atoms with E-state index in [1.807, 2.05) is 6.07 Å². The van der Waals surface area contributed by atoms with Crippen LogP contribution in [0.25, 0.3) is 0 Å². The molecule has 1 aromatic heterocycles. The average Bonchev–Trinajstić information content (AvgIpc) is 3.41. The van der Waals surface area contributed by atoms with Crippen molar-refractivity contribution in [2.75, 3.05) is 78.8 Å². The number of ether oxygens (including phenoxy) is 3. The van der Waals surface area contributed by atoms with Gasteiger partial charge in [-0.3, -0.25) is 14.6 Å². The molecule has 9 nitrogen and oxygen atoms in total. The summed E-state index contributed by atoms with van der Waals surface area (Å²) in [5.41, 5.74) is 0.454. The molecule has 10 heteroatoms. The van der Waals surface area contributed by atoms with E-state index in [1.165, 1.54) is 24.3 Å². The molecule has 1 aromatic carbocycles. The van der Waals surface area contributed by atoms with E-state index < -0.39 is 6.10 Å². The van der Waals surface area contributed by atoms with Gasteiger partial charge in [-0.1, -0.05) is 0 Å². The topological polar surface area (TPSA) is 87.9 Å². The van der Waals surface area contributed by atoms with Gasteiger partial charge >= 0.3 is 0 Å². The number of hydrogen-bond acceptors (Lipinski definition) is 8. The van der Waals surface area contributed by atoms with Gasteiger partial charge in [0, 0.05) is 57.9 Å². The average molecular weight is 506 g/mol. The number of rotatable bonds is 12. The largest absolute Gasteiger partial charge is 0.467 e. The number of β-amino-alcohol motifs (C(OH)–C–C–N with tert-alkyl or cyclic N) is 1. The first-order valence-corrected chi connectivity index (χ1v) is 12.5. The summed E-state index contributed by atoms with van der Waals surface area (Å²) in [6.45, 7) is 7.56. The molecule has 1 amide bonds. The molecule has 0 bridgehead atoms. The number of aliphatic hydroxyl groups excluding tert-OH is 1. The van der Waals surface area contributed by atoms with Crippen LogP contribution < -0.4 is 0 Å². The second kappa shape index (κ2) is 13.8. The van der Waals surface area contributed by atoms with Crippen LogP contribution in [0.4, 0.5) is 4.39 Å². The maximum absolute atomic E-state index is 13.4. The van der Waals surface area contributed by atoms with Crippen LogP contribution in [0, 0.1) is 5.82 Å². The highest BCUT2D eigenvalue weighted by atomic mass is 19.1. The van der Waals surface area contributed by atoms with Gasteiger partial charge in [-0.2, -0.15) is 0 Å². The molecule has 198 valence electrons. The van der Waals surface area contributed by atoms with Crippen LogP contribution >= 0.6 is 0 Å². The van der Waals surface area contributed by atoms with Crippen molar-refractivity contribution in [2.24, 2.45) is 0 Å². The van der Waals surface area contributed by atoms with E-state index >= 15 is 0 Å². The van der Waals surface area contributed by atoms with Crippen molar-refractivity contribution in [1.29, 1.82) is 0 Å². The molecular weight excluding hydrogens is 469 g/mol. The minimum atomic E-state index is -0.642. The molecule has 2 fully saturated rings. The molecule has 0 saturated carbocycles. The number of nitrogens with zero attached hydrogens (tertiary/aromatic N) is 3. The molecule has 2 aromatic rings. The van der Waals surface area contributed by atoms with Gasteiger partial charge in [-0.05, 0) is 36.4 Å². The Bertz CT molecular complexity index is 907. The normalized spacial score (nSPS) is 20.3. The van der Waals surface area contributed by atoms with Crippen molar-refractivity contribution in [3.05, 3.63) is 59.8 Å². The number of furan rings is 1. The molecule has 0 unspecified atom stereocenters. The zero-order valence-electron chi connectivity index (χ0n) is 20.6. The zero-order valence-corrected chi connectivity index (χ0v) is 20.6. The Hall–Kier alpha value is -2.34. The van der Waals surface area contributed by atoms with Crippen LogP contribution in [0.5, 0.6) is 0 Å². The quantitative estimate of drug-likeness (QED) is 0.464. The van der Waals surface area contributed by atoms with Crippen LogP contribution in [0.2, 0.25) is 0 Å². The van der Waals surface area contributed by atoms with Gasteiger partial charge in [0.15, 0.2) is 0 Å². The van der Waals surface area contributed by atoms with Crippen LogP contribution in [0.1, 0.15) is 16.1 Å². The minimum absolute atomic E-state index is 0.143. The van der Waals surface area contributed by atoms with Crippen molar-refractivity contribution >= 4 is 5.91 Å². The Morgan fingerprint density at radius 2 is 1.92 bits per heavy atom. The molecule has 0 spiro atoms. The van der Waals surface area contributed by atoms with Crippen LogP contribution in [0.3, 0.4) is 0 Å². The molecule has 2 aliphatic heterocycles. The molecule has 2 saturated heterocycles. The summed E-state index contributed by atoms with van der Waals surface area (Å²) in [7, 11) is 0. The number of morpholine rings is 2. The maximum atomic E-state index is 13.4. The third-order valence-electron chi connectivity index (χ3n) is 6.42. The molecular formula is C26H36FN3O6. The summed E-state index contributed by atoms with van der Waals surface area (Å²) in [6.07, 6.45) is 0.759. The van der Waals surface area contributed by atoms with Gasteiger partial charge < -0.3 is 28.6 Å². The first-order chi connectivity index (χ1) is 17.6. The van der Waals surface area contributed by atoms with E-state index in [4.69, 9.17) is 18.6 Å². The highest BCUT2D eigenvalue weighted by Crippen LogP contribution is 2.13. The minimum Gasteiger partial charge on any atom is -0.467 e. The first kappa shape index (κ1) is 26.7. The van der Waals surface area contributed by atoms with Gasteiger partial charge in [0.2, 0.25) is 0 Å². The summed E-state index contributed by atoms with van der Waals surface area (Å²) < 4.78 is 35.6. The van der Waals surface area contributed by atoms with Crippen molar-refractivity contribution in [3.63, 3.8) is 0 Å². The van der Waals surface area contributed by atoms with Gasteiger partial charge in [0.05, 0.1) is 44.9 Å². The molecule has 0 aliphatic carbocycles. The summed E-state index contributed by atoms with van der Waals surface area (Å²) in [5, 5.41) is 10.4. The van der Waals surface area contributed by atoms with Gasteiger partial charge in [0.25, 0.3) is 5.91 Å². The zero-order chi connectivity index (χ0) is 25.2. The monoisotopic (exact) mass is 505 g/mol. The number of benzene rings is 1. The maximum Gasteiger partial charge on any atom is 0.253 e. The highest BCUT2D eigenvalue weighted by molar-refractivity contribution is 5.94. The molecule has 0 radical (unpaired) electrons. The number of hydrogen-bond donors (Lipinski definition) is 1. The lowest BCUT2D eigenvalue weighted by Gasteiger charge is -2.37. The summed E-state index contributed by atoms with van der Waals surface area (Å²) in [5.74, 6) is 0.205. The molecule has 1 N–H and O–H groups in total. The smallest absolute Gasteiger partial charge is 0.253 e.